The van der Waals surface area contributed by atoms with Crippen molar-refractivity contribution in [2.24, 2.45) is 0 Å². The first kappa shape index (κ1) is 16.0. The molecule has 0 N–H and O–H groups in total. The van der Waals surface area contributed by atoms with Gasteiger partial charge in [-0.25, -0.2) is 0 Å². The Morgan fingerprint density at radius 2 is 1.80 bits per heavy atom. The molecule has 25 heavy (non-hydrogen) atoms. The second-order valence-corrected chi connectivity index (χ2v) is 6.79. The Balaban J connectivity index is 1.48. The number of para-hydroxylation sites is 1. The van der Waals surface area contributed by atoms with Crippen LogP contribution in [0.25, 0.3) is 11.0 Å². The van der Waals surface area contributed by atoms with E-state index in [1.165, 1.54) is 0 Å². The SMILES string of the molecule is Cc1ccc2oc(C(=O)N3CCN(c4ccccc4Cl)CC3)cc2c1. The first-order valence-electron chi connectivity index (χ1n) is 8.41. The summed E-state index contributed by atoms with van der Waals surface area (Å²) in [7, 11) is 0. The summed E-state index contributed by atoms with van der Waals surface area (Å²) in [4.78, 5) is 16.8. The first-order valence-corrected chi connectivity index (χ1v) is 8.78. The number of hydrogen-bond donors (Lipinski definition) is 0. The number of anilines is 1. The topological polar surface area (TPSA) is 36.7 Å². The lowest BCUT2D eigenvalue weighted by molar-refractivity contribution is 0.0717. The van der Waals surface area contributed by atoms with E-state index in [9.17, 15) is 4.79 Å². The van der Waals surface area contributed by atoms with Crippen LogP contribution in [-0.4, -0.2) is 37.0 Å². The number of benzene rings is 2. The number of halogens is 1. The molecule has 1 aliphatic heterocycles. The Labute approximate surface area is 151 Å². The predicted molar refractivity (Wildman–Crippen MR) is 101 cm³/mol. The number of aryl methyl sites for hydroxylation is 1. The summed E-state index contributed by atoms with van der Waals surface area (Å²) in [6, 6.07) is 15.6. The zero-order valence-corrected chi connectivity index (χ0v) is 14.8. The number of hydrogen-bond acceptors (Lipinski definition) is 3. The van der Waals surface area contributed by atoms with Gasteiger partial charge in [0, 0.05) is 31.6 Å². The molecule has 0 unspecified atom stereocenters. The van der Waals surface area contributed by atoms with Crippen molar-refractivity contribution in [1.29, 1.82) is 0 Å². The standard InChI is InChI=1S/C20H19ClN2O2/c1-14-6-7-18-15(12-14)13-19(25-18)20(24)23-10-8-22(9-11-23)17-5-3-2-4-16(17)21/h2-7,12-13H,8-11H2,1H3. The van der Waals surface area contributed by atoms with Crippen molar-refractivity contribution in [1.82, 2.24) is 4.90 Å². The number of furan rings is 1. The highest BCUT2D eigenvalue weighted by Gasteiger charge is 2.25. The number of amides is 1. The molecule has 0 radical (unpaired) electrons. The maximum absolute atomic E-state index is 12.8. The summed E-state index contributed by atoms with van der Waals surface area (Å²) in [5.41, 5.74) is 2.93. The number of piperazine rings is 1. The number of rotatable bonds is 2. The molecule has 0 bridgehead atoms. The molecule has 5 heteroatoms. The van der Waals surface area contributed by atoms with Crippen LogP contribution in [0.2, 0.25) is 5.02 Å². The molecule has 0 spiro atoms. The molecule has 0 aliphatic carbocycles. The van der Waals surface area contributed by atoms with Gasteiger partial charge in [-0.1, -0.05) is 35.4 Å². The van der Waals surface area contributed by atoms with E-state index < -0.39 is 0 Å². The smallest absolute Gasteiger partial charge is 0.289 e. The van der Waals surface area contributed by atoms with Crippen molar-refractivity contribution >= 4 is 34.2 Å². The fourth-order valence-corrected chi connectivity index (χ4v) is 3.54. The minimum Gasteiger partial charge on any atom is -0.451 e. The number of carbonyl (C=O) groups is 1. The second kappa shape index (κ2) is 6.45. The number of fused-ring (bicyclic) bond motifs is 1. The van der Waals surface area contributed by atoms with Gasteiger partial charge in [-0.2, -0.15) is 0 Å². The molecule has 1 saturated heterocycles. The van der Waals surface area contributed by atoms with E-state index in [1.54, 1.807) is 0 Å². The maximum atomic E-state index is 12.8. The summed E-state index contributed by atoms with van der Waals surface area (Å²) in [5.74, 6) is 0.361. The monoisotopic (exact) mass is 354 g/mol. The molecule has 2 heterocycles. The van der Waals surface area contributed by atoms with Crippen molar-refractivity contribution in [2.45, 2.75) is 6.92 Å². The molecule has 2 aromatic carbocycles. The second-order valence-electron chi connectivity index (χ2n) is 6.38. The molecule has 1 aliphatic rings. The first-order chi connectivity index (χ1) is 12.1. The normalized spacial score (nSPS) is 15.0. The fraction of sp³-hybridized carbons (Fsp3) is 0.250. The van der Waals surface area contributed by atoms with Crippen LogP contribution in [0, 0.1) is 6.92 Å². The highest BCUT2D eigenvalue weighted by Crippen LogP contribution is 2.27. The van der Waals surface area contributed by atoms with Crippen LogP contribution < -0.4 is 4.90 Å². The Kier molecular flexibility index (Phi) is 4.14. The Hall–Kier alpha value is -2.46. The van der Waals surface area contributed by atoms with Crippen LogP contribution in [0.5, 0.6) is 0 Å². The van der Waals surface area contributed by atoms with Gasteiger partial charge in [0.2, 0.25) is 0 Å². The zero-order valence-electron chi connectivity index (χ0n) is 14.0. The van der Waals surface area contributed by atoms with E-state index in [2.05, 4.69) is 4.90 Å². The summed E-state index contributed by atoms with van der Waals surface area (Å²) in [6.45, 7) is 4.85. The molecular formula is C20H19ClN2O2. The van der Waals surface area contributed by atoms with Gasteiger partial charge in [-0.3, -0.25) is 4.79 Å². The van der Waals surface area contributed by atoms with Gasteiger partial charge in [-0.05, 0) is 37.3 Å². The van der Waals surface area contributed by atoms with Gasteiger partial charge in [0.05, 0.1) is 10.7 Å². The zero-order chi connectivity index (χ0) is 17.4. The summed E-state index contributed by atoms with van der Waals surface area (Å²) < 4.78 is 5.74. The summed E-state index contributed by atoms with van der Waals surface area (Å²) >= 11 is 6.27. The highest BCUT2D eigenvalue weighted by atomic mass is 35.5. The largest absolute Gasteiger partial charge is 0.451 e. The van der Waals surface area contributed by atoms with E-state index in [-0.39, 0.29) is 5.91 Å². The molecule has 0 saturated carbocycles. The highest BCUT2D eigenvalue weighted by molar-refractivity contribution is 6.33. The molecule has 128 valence electrons. The molecule has 4 nitrogen and oxygen atoms in total. The molecule has 0 atom stereocenters. The van der Waals surface area contributed by atoms with Crippen molar-refractivity contribution in [3.05, 3.63) is 64.9 Å². The van der Waals surface area contributed by atoms with Crippen LogP contribution in [0.1, 0.15) is 16.1 Å². The molecule has 1 aromatic heterocycles. The van der Waals surface area contributed by atoms with Gasteiger partial charge >= 0.3 is 0 Å². The van der Waals surface area contributed by atoms with Crippen LogP contribution in [0.3, 0.4) is 0 Å². The van der Waals surface area contributed by atoms with Gasteiger partial charge in [0.1, 0.15) is 5.58 Å². The lowest BCUT2D eigenvalue weighted by atomic mass is 10.2. The van der Waals surface area contributed by atoms with Crippen LogP contribution >= 0.6 is 11.6 Å². The minimum atomic E-state index is -0.0485. The van der Waals surface area contributed by atoms with Gasteiger partial charge in [-0.15, -0.1) is 0 Å². The number of nitrogens with zero attached hydrogens (tertiary/aromatic N) is 2. The van der Waals surface area contributed by atoms with Crippen molar-refractivity contribution < 1.29 is 9.21 Å². The Bertz CT molecular complexity index is 926. The summed E-state index contributed by atoms with van der Waals surface area (Å²) in [5, 5.41) is 1.72. The molecule has 4 rings (SSSR count). The third-order valence-electron chi connectivity index (χ3n) is 4.64. The molecular weight excluding hydrogens is 336 g/mol. The Morgan fingerprint density at radius 3 is 2.56 bits per heavy atom. The van der Waals surface area contributed by atoms with E-state index in [4.69, 9.17) is 16.0 Å². The average Bonchev–Trinajstić information content (AvgIpc) is 3.05. The lowest BCUT2D eigenvalue weighted by Crippen LogP contribution is -2.48. The predicted octanol–water partition coefficient (Wildman–Crippen LogP) is 4.36. The fourth-order valence-electron chi connectivity index (χ4n) is 3.28. The van der Waals surface area contributed by atoms with Gasteiger partial charge < -0.3 is 14.2 Å². The minimum absolute atomic E-state index is 0.0485. The lowest BCUT2D eigenvalue weighted by Gasteiger charge is -2.36. The van der Waals surface area contributed by atoms with E-state index >= 15 is 0 Å². The van der Waals surface area contributed by atoms with Crippen molar-refractivity contribution in [3.63, 3.8) is 0 Å². The molecule has 3 aromatic rings. The van der Waals surface area contributed by atoms with E-state index in [0.29, 0.717) is 18.8 Å². The third-order valence-corrected chi connectivity index (χ3v) is 4.96. The van der Waals surface area contributed by atoms with Gasteiger partial charge in [0.25, 0.3) is 5.91 Å². The van der Waals surface area contributed by atoms with Gasteiger partial charge in [0.15, 0.2) is 5.76 Å². The van der Waals surface area contributed by atoms with Crippen molar-refractivity contribution in [2.75, 3.05) is 31.1 Å². The number of carbonyl (C=O) groups excluding carboxylic acids is 1. The third kappa shape index (κ3) is 3.10. The Morgan fingerprint density at radius 1 is 1.04 bits per heavy atom. The van der Waals surface area contributed by atoms with Crippen molar-refractivity contribution in [3.8, 4) is 0 Å². The molecule has 1 amide bonds. The van der Waals surface area contributed by atoms with Crippen LogP contribution in [-0.2, 0) is 0 Å². The van der Waals surface area contributed by atoms with E-state index in [0.717, 1.165) is 40.3 Å². The summed E-state index contributed by atoms with van der Waals surface area (Å²) in [6.07, 6.45) is 0. The quantitative estimate of drug-likeness (QED) is 0.686. The van der Waals surface area contributed by atoms with Crippen LogP contribution in [0.4, 0.5) is 5.69 Å². The average molecular weight is 355 g/mol. The maximum Gasteiger partial charge on any atom is 0.289 e. The molecule has 1 fully saturated rings. The van der Waals surface area contributed by atoms with E-state index in [1.807, 2.05) is 60.4 Å². The van der Waals surface area contributed by atoms with Crippen LogP contribution in [0.15, 0.2) is 52.9 Å².